The van der Waals surface area contributed by atoms with E-state index in [9.17, 15) is 0 Å². The van der Waals surface area contributed by atoms with Gasteiger partial charge in [-0.05, 0) is 6.07 Å². The number of aliphatic hydroxyl groups excluding tert-OH is 1. The molecule has 0 aliphatic rings. The third kappa shape index (κ3) is 1.29. The number of nitrogens with zero attached hydrogens (tertiary/aromatic N) is 2. The first-order valence-electron chi connectivity index (χ1n) is 3.43. The molecule has 0 saturated heterocycles. The molecule has 0 radical (unpaired) electrons. The van der Waals surface area contributed by atoms with Crippen molar-refractivity contribution in [2.45, 2.75) is 6.61 Å². The summed E-state index contributed by atoms with van der Waals surface area (Å²) in [4.78, 5) is 4.09. The standard InChI is InChI=1S/C8H8N2O.ClH/c11-6-7-2-1-4-10-5-3-9-8(7)10;/h1-5,11H,6H2;1H. The lowest BCUT2D eigenvalue weighted by atomic mass is 10.3. The number of aliphatic hydroxyl groups is 1. The lowest BCUT2D eigenvalue weighted by Gasteiger charge is -1.97. The van der Waals surface area contributed by atoms with Crippen LogP contribution in [0.4, 0.5) is 0 Å². The summed E-state index contributed by atoms with van der Waals surface area (Å²) in [6.45, 7) is 0.0430. The lowest BCUT2D eigenvalue weighted by molar-refractivity contribution is 0.282. The van der Waals surface area contributed by atoms with E-state index in [1.54, 1.807) is 6.20 Å². The van der Waals surface area contributed by atoms with E-state index in [1.165, 1.54) is 0 Å². The number of aromatic nitrogens is 2. The van der Waals surface area contributed by atoms with E-state index < -0.39 is 0 Å². The van der Waals surface area contributed by atoms with E-state index in [1.807, 2.05) is 28.9 Å². The molecule has 2 aromatic rings. The average Bonchev–Trinajstić information content (AvgIpc) is 2.50. The molecule has 0 amide bonds. The maximum atomic E-state index is 8.90. The van der Waals surface area contributed by atoms with Crippen LogP contribution >= 0.6 is 12.4 Å². The van der Waals surface area contributed by atoms with Crippen molar-refractivity contribution in [3.8, 4) is 0 Å². The van der Waals surface area contributed by atoms with Gasteiger partial charge < -0.3 is 9.51 Å². The summed E-state index contributed by atoms with van der Waals surface area (Å²) in [6, 6.07) is 3.75. The predicted molar refractivity (Wildman–Crippen MR) is 48.4 cm³/mol. The Morgan fingerprint density at radius 2 is 2.25 bits per heavy atom. The van der Waals surface area contributed by atoms with E-state index >= 15 is 0 Å². The number of hydrogen-bond acceptors (Lipinski definition) is 2. The Bertz CT molecular complexity index is 372. The van der Waals surface area contributed by atoms with Gasteiger partial charge in [0.15, 0.2) is 0 Å². The summed E-state index contributed by atoms with van der Waals surface area (Å²) in [5.41, 5.74) is 1.69. The Labute approximate surface area is 76.1 Å². The van der Waals surface area contributed by atoms with Crippen molar-refractivity contribution >= 4 is 18.1 Å². The van der Waals surface area contributed by atoms with Crippen LogP contribution in [-0.2, 0) is 6.61 Å². The molecule has 0 unspecified atom stereocenters. The fourth-order valence-electron chi connectivity index (χ4n) is 1.13. The molecule has 0 fully saturated rings. The first kappa shape index (κ1) is 9.03. The Kier molecular flexibility index (Phi) is 2.68. The molecule has 2 heterocycles. The van der Waals surface area contributed by atoms with Crippen LogP contribution < -0.4 is 0 Å². The van der Waals surface area contributed by atoms with Crippen molar-refractivity contribution in [1.29, 1.82) is 0 Å². The Morgan fingerprint density at radius 1 is 1.42 bits per heavy atom. The topological polar surface area (TPSA) is 37.5 Å². The summed E-state index contributed by atoms with van der Waals surface area (Å²) < 4.78 is 1.88. The zero-order valence-electron chi connectivity index (χ0n) is 6.34. The van der Waals surface area contributed by atoms with Gasteiger partial charge in [0.2, 0.25) is 0 Å². The highest BCUT2D eigenvalue weighted by atomic mass is 35.5. The monoisotopic (exact) mass is 184 g/mol. The second-order valence-corrected chi connectivity index (χ2v) is 2.35. The average molecular weight is 185 g/mol. The third-order valence-corrected chi connectivity index (χ3v) is 1.67. The summed E-state index contributed by atoms with van der Waals surface area (Å²) in [7, 11) is 0. The van der Waals surface area contributed by atoms with E-state index in [2.05, 4.69) is 4.98 Å². The van der Waals surface area contributed by atoms with Crippen LogP contribution in [-0.4, -0.2) is 14.5 Å². The molecule has 64 valence electrons. The van der Waals surface area contributed by atoms with Crippen LogP contribution in [0.5, 0.6) is 0 Å². The summed E-state index contributed by atoms with van der Waals surface area (Å²) in [5, 5.41) is 8.90. The minimum absolute atomic E-state index is 0. The molecule has 4 heteroatoms. The molecule has 0 atom stereocenters. The first-order valence-corrected chi connectivity index (χ1v) is 3.43. The Hall–Kier alpha value is -1.06. The molecule has 0 bridgehead atoms. The Morgan fingerprint density at radius 3 is 3.00 bits per heavy atom. The Balaban J connectivity index is 0.000000720. The lowest BCUT2D eigenvalue weighted by Crippen LogP contribution is -1.90. The van der Waals surface area contributed by atoms with Crippen molar-refractivity contribution < 1.29 is 5.11 Å². The molecule has 1 N–H and O–H groups in total. The third-order valence-electron chi connectivity index (χ3n) is 1.67. The van der Waals surface area contributed by atoms with Crippen molar-refractivity contribution in [2.75, 3.05) is 0 Å². The minimum Gasteiger partial charge on any atom is -0.392 e. The van der Waals surface area contributed by atoms with E-state index in [0.717, 1.165) is 11.2 Å². The number of pyridine rings is 1. The van der Waals surface area contributed by atoms with Crippen molar-refractivity contribution in [1.82, 2.24) is 9.38 Å². The highest BCUT2D eigenvalue weighted by Gasteiger charge is 1.98. The van der Waals surface area contributed by atoms with Gasteiger partial charge in [0.25, 0.3) is 0 Å². The maximum Gasteiger partial charge on any atom is 0.142 e. The van der Waals surface area contributed by atoms with Gasteiger partial charge >= 0.3 is 0 Å². The first-order chi connectivity index (χ1) is 5.42. The molecule has 3 nitrogen and oxygen atoms in total. The maximum absolute atomic E-state index is 8.90. The fraction of sp³-hybridized carbons (Fsp3) is 0.125. The predicted octanol–water partition coefficient (Wildman–Crippen LogP) is 1.25. The molecule has 12 heavy (non-hydrogen) atoms. The van der Waals surface area contributed by atoms with Crippen LogP contribution in [0.2, 0.25) is 0 Å². The molecule has 0 spiro atoms. The van der Waals surface area contributed by atoms with Crippen LogP contribution in [0, 0.1) is 0 Å². The quantitative estimate of drug-likeness (QED) is 0.725. The molecule has 2 aromatic heterocycles. The normalized spacial score (nSPS) is 9.75. The molecule has 2 rings (SSSR count). The van der Waals surface area contributed by atoms with Crippen LogP contribution in [0.15, 0.2) is 30.7 Å². The van der Waals surface area contributed by atoms with Gasteiger partial charge in [-0.15, -0.1) is 12.4 Å². The van der Waals surface area contributed by atoms with Gasteiger partial charge in [-0.2, -0.15) is 0 Å². The highest BCUT2D eigenvalue weighted by molar-refractivity contribution is 5.85. The SMILES string of the molecule is Cl.OCc1cccn2ccnc12. The molecule has 0 aliphatic heterocycles. The molecule has 0 aromatic carbocycles. The van der Waals surface area contributed by atoms with Gasteiger partial charge in [-0.3, -0.25) is 0 Å². The van der Waals surface area contributed by atoms with Crippen LogP contribution in [0.1, 0.15) is 5.56 Å². The van der Waals surface area contributed by atoms with Crippen molar-refractivity contribution in [3.63, 3.8) is 0 Å². The molecular weight excluding hydrogens is 176 g/mol. The molecule has 0 saturated carbocycles. The van der Waals surface area contributed by atoms with E-state index in [4.69, 9.17) is 5.11 Å². The minimum atomic E-state index is 0. The number of hydrogen-bond donors (Lipinski definition) is 1. The summed E-state index contributed by atoms with van der Waals surface area (Å²) in [5.74, 6) is 0. The van der Waals surface area contributed by atoms with Crippen molar-refractivity contribution in [3.05, 3.63) is 36.3 Å². The van der Waals surface area contributed by atoms with Crippen molar-refractivity contribution in [2.24, 2.45) is 0 Å². The summed E-state index contributed by atoms with van der Waals surface area (Å²) in [6.07, 6.45) is 5.48. The van der Waals surface area contributed by atoms with E-state index in [-0.39, 0.29) is 19.0 Å². The van der Waals surface area contributed by atoms with Gasteiger partial charge in [0, 0.05) is 24.2 Å². The fourth-order valence-corrected chi connectivity index (χ4v) is 1.13. The van der Waals surface area contributed by atoms with Gasteiger partial charge in [0.05, 0.1) is 6.61 Å². The smallest absolute Gasteiger partial charge is 0.142 e. The summed E-state index contributed by atoms with van der Waals surface area (Å²) >= 11 is 0. The van der Waals surface area contributed by atoms with Gasteiger partial charge in [0.1, 0.15) is 5.65 Å². The van der Waals surface area contributed by atoms with Gasteiger partial charge in [-0.25, -0.2) is 4.98 Å². The largest absolute Gasteiger partial charge is 0.392 e. The molecule has 0 aliphatic carbocycles. The zero-order valence-corrected chi connectivity index (χ0v) is 7.16. The van der Waals surface area contributed by atoms with Crippen LogP contribution in [0.25, 0.3) is 5.65 Å². The highest BCUT2D eigenvalue weighted by Crippen LogP contribution is 2.07. The number of halogens is 1. The number of rotatable bonds is 1. The van der Waals surface area contributed by atoms with Crippen LogP contribution in [0.3, 0.4) is 0 Å². The second-order valence-electron chi connectivity index (χ2n) is 2.35. The number of imidazole rings is 1. The van der Waals surface area contributed by atoms with E-state index in [0.29, 0.717) is 0 Å². The zero-order chi connectivity index (χ0) is 7.68. The molecular formula is C8H9ClN2O. The number of fused-ring (bicyclic) bond motifs is 1. The second kappa shape index (κ2) is 3.56. The van der Waals surface area contributed by atoms with Gasteiger partial charge in [-0.1, -0.05) is 6.07 Å².